The van der Waals surface area contributed by atoms with Crippen LogP contribution in [0.3, 0.4) is 0 Å². The topological polar surface area (TPSA) is 34.2 Å². The number of piperazine rings is 1. The van der Waals surface area contributed by atoms with E-state index in [1.807, 2.05) is 13.0 Å². The van der Waals surface area contributed by atoms with Crippen LogP contribution in [-0.2, 0) is 11.3 Å². The van der Waals surface area contributed by atoms with Crippen LogP contribution in [0.1, 0.15) is 31.7 Å². The Morgan fingerprint density at radius 1 is 1.12 bits per heavy atom. The van der Waals surface area contributed by atoms with E-state index in [1.165, 1.54) is 5.56 Å². The van der Waals surface area contributed by atoms with Gasteiger partial charge in [0.2, 0.25) is 6.79 Å². The molecule has 0 saturated carbocycles. The molecule has 3 rings (SSSR count). The van der Waals surface area contributed by atoms with Crippen LogP contribution in [0.4, 0.5) is 0 Å². The first-order valence-corrected chi connectivity index (χ1v) is 9.63. The highest BCUT2D eigenvalue weighted by Gasteiger charge is 2.20. The molecule has 0 radical (unpaired) electrons. The van der Waals surface area contributed by atoms with E-state index in [1.54, 1.807) is 0 Å². The van der Waals surface area contributed by atoms with Crippen molar-refractivity contribution < 1.29 is 14.2 Å². The van der Waals surface area contributed by atoms with Crippen LogP contribution in [0, 0.1) is 0 Å². The standard InChI is InChI=1S/C19H28N2O3S/c1-2-22-12-4-3-5-19(25)21-10-8-20(9-11-21)14-16-6-7-17-18(13-16)24-15-23-17/h6-7,13H,2-5,8-12,14-15H2,1H3. The van der Waals surface area contributed by atoms with Gasteiger partial charge in [-0.15, -0.1) is 0 Å². The minimum absolute atomic E-state index is 0.333. The molecule has 0 amide bonds. The Hall–Kier alpha value is -1.37. The highest BCUT2D eigenvalue weighted by atomic mass is 32.1. The fourth-order valence-corrected chi connectivity index (χ4v) is 3.56. The number of ether oxygens (including phenoxy) is 3. The summed E-state index contributed by atoms with van der Waals surface area (Å²) in [6.07, 6.45) is 3.22. The summed E-state index contributed by atoms with van der Waals surface area (Å²) in [6.45, 7) is 9.11. The van der Waals surface area contributed by atoms with Crippen LogP contribution >= 0.6 is 12.2 Å². The van der Waals surface area contributed by atoms with E-state index in [0.29, 0.717) is 6.79 Å². The number of benzene rings is 1. The van der Waals surface area contributed by atoms with Gasteiger partial charge in [0.15, 0.2) is 11.5 Å². The Morgan fingerprint density at radius 3 is 2.72 bits per heavy atom. The molecule has 138 valence electrons. The molecule has 5 nitrogen and oxygen atoms in total. The summed E-state index contributed by atoms with van der Waals surface area (Å²) in [7, 11) is 0. The zero-order valence-electron chi connectivity index (χ0n) is 15.0. The van der Waals surface area contributed by atoms with Crippen LogP contribution in [0.25, 0.3) is 0 Å². The maximum atomic E-state index is 5.61. The van der Waals surface area contributed by atoms with Crippen LogP contribution in [0.15, 0.2) is 18.2 Å². The highest BCUT2D eigenvalue weighted by molar-refractivity contribution is 7.80. The molecule has 0 aromatic heterocycles. The van der Waals surface area contributed by atoms with Crippen LogP contribution in [0.5, 0.6) is 11.5 Å². The summed E-state index contributed by atoms with van der Waals surface area (Å²) < 4.78 is 16.2. The van der Waals surface area contributed by atoms with Gasteiger partial charge in [-0.25, -0.2) is 0 Å². The minimum atomic E-state index is 0.333. The minimum Gasteiger partial charge on any atom is -0.454 e. The second-order valence-corrected chi connectivity index (χ2v) is 6.97. The van der Waals surface area contributed by atoms with Crippen molar-refractivity contribution >= 4 is 17.2 Å². The molecule has 2 heterocycles. The number of unbranched alkanes of at least 4 members (excludes halogenated alkanes) is 1. The van der Waals surface area contributed by atoms with Gasteiger partial charge in [0, 0.05) is 45.9 Å². The number of rotatable bonds is 8. The van der Waals surface area contributed by atoms with Crippen molar-refractivity contribution in [1.82, 2.24) is 9.80 Å². The first-order valence-electron chi connectivity index (χ1n) is 9.22. The zero-order chi connectivity index (χ0) is 17.5. The van der Waals surface area contributed by atoms with E-state index in [9.17, 15) is 0 Å². The van der Waals surface area contributed by atoms with E-state index in [0.717, 1.165) is 81.7 Å². The van der Waals surface area contributed by atoms with E-state index in [4.69, 9.17) is 26.4 Å². The third-order valence-electron chi connectivity index (χ3n) is 4.70. The van der Waals surface area contributed by atoms with E-state index in [-0.39, 0.29) is 0 Å². The largest absolute Gasteiger partial charge is 0.454 e. The molecule has 6 heteroatoms. The Balaban J connectivity index is 1.37. The van der Waals surface area contributed by atoms with E-state index < -0.39 is 0 Å². The molecule has 1 fully saturated rings. The molecule has 0 bridgehead atoms. The number of hydrogen-bond acceptors (Lipinski definition) is 5. The fraction of sp³-hybridized carbons (Fsp3) is 0.632. The Kier molecular flexibility index (Phi) is 6.90. The molecule has 25 heavy (non-hydrogen) atoms. The average molecular weight is 365 g/mol. The first kappa shape index (κ1) is 18.4. The summed E-state index contributed by atoms with van der Waals surface area (Å²) in [5, 5.41) is 0. The monoisotopic (exact) mass is 364 g/mol. The number of nitrogens with zero attached hydrogens (tertiary/aromatic N) is 2. The fourth-order valence-electron chi connectivity index (χ4n) is 3.24. The molecule has 0 aliphatic carbocycles. The molecular formula is C19H28N2O3S. The molecule has 0 unspecified atom stereocenters. The molecule has 2 aliphatic rings. The maximum absolute atomic E-state index is 5.61. The van der Waals surface area contributed by atoms with Crippen molar-refractivity contribution in [3.63, 3.8) is 0 Å². The molecule has 1 aromatic carbocycles. The van der Waals surface area contributed by atoms with E-state index >= 15 is 0 Å². The summed E-state index contributed by atoms with van der Waals surface area (Å²) in [5.41, 5.74) is 1.27. The summed E-state index contributed by atoms with van der Waals surface area (Å²) in [5.74, 6) is 1.72. The number of fused-ring (bicyclic) bond motifs is 1. The normalized spacial score (nSPS) is 17.1. The molecule has 0 atom stereocenters. The van der Waals surface area contributed by atoms with Gasteiger partial charge in [-0.3, -0.25) is 4.90 Å². The van der Waals surface area contributed by atoms with Gasteiger partial charge in [-0.2, -0.15) is 0 Å². The molecule has 1 saturated heterocycles. The van der Waals surface area contributed by atoms with Gasteiger partial charge in [0.1, 0.15) is 0 Å². The second kappa shape index (κ2) is 9.36. The number of hydrogen-bond donors (Lipinski definition) is 0. The highest BCUT2D eigenvalue weighted by Crippen LogP contribution is 2.32. The van der Waals surface area contributed by atoms with Gasteiger partial charge < -0.3 is 19.1 Å². The zero-order valence-corrected chi connectivity index (χ0v) is 15.9. The summed E-state index contributed by atoms with van der Waals surface area (Å²) in [6, 6.07) is 6.23. The first-order chi connectivity index (χ1) is 12.3. The molecule has 1 aromatic rings. The Labute approximate surface area is 155 Å². The summed E-state index contributed by atoms with van der Waals surface area (Å²) >= 11 is 5.61. The Bertz CT molecular complexity index is 574. The molecule has 0 spiro atoms. The van der Waals surface area contributed by atoms with Crippen molar-refractivity contribution in [1.29, 1.82) is 0 Å². The van der Waals surface area contributed by atoms with Crippen molar-refractivity contribution in [2.75, 3.05) is 46.2 Å². The third-order valence-corrected chi connectivity index (χ3v) is 5.16. The predicted molar refractivity (Wildman–Crippen MR) is 102 cm³/mol. The summed E-state index contributed by atoms with van der Waals surface area (Å²) in [4.78, 5) is 5.96. The lowest BCUT2D eigenvalue weighted by atomic mass is 10.1. The third kappa shape index (κ3) is 5.30. The van der Waals surface area contributed by atoms with Gasteiger partial charge >= 0.3 is 0 Å². The van der Waals surface area contributed by atoms with Gasteiger partial charge in [-0.05, 0) is 43.9 Å². The molecule has 0 N–H and O–H groups in total. The van der Waals surface area contributed by atoms with Crippen molar-refractivity contribution in [2.24, 2.45) is 0 Å². The van der Waals surface area contributed by atoms with Gasteiger partial charge in [-0.1, -0.05) is 18.3 Å². The van der Waals surface area contributed by atoms with Crippen LogP contribution < -0.4 is 9.47 Å². The average Bonchev–Trinajstić information content (AvgIpc) is 3.10. The lowest BCUT2D eigenvalue weighted by Gasteiger charge is -2.36. The Morgan fingerprint density at radius 2 is 1.92 bits per heavy atom. The SMILES string of the molecule is CCOCCCCC(=S)N1CCN(Cc2ccc3c(c2)OCO3)CC1. The molecule has 2 aliphatic heterocycles. The van der Waals surface area contributed by atoms with Crippen molar-refractivity contribution in [3.05, 3.63) is 23.8 Å². The predicted octanol–water partition coefficient (Wildman–Crippen LogP) is 3.07. The van der Waals surface area contributed by atoms with Crippen LogP contribution in [-0.4, -0.2) is 61.0 Å². The van der Waals surface area contributed by atoms with Crippen LogP contribution in [0.2, 0.25) is 0 Å². The lowest BCUT2D eigenvalue weighted by molar-refractivity contribution is 0.143. The van der Waals surface area contributed by atoms with E-state index in [2.05, 4.69) is 21.9 Å². The lowest BCUT2D eigenvalue weighted by Crippen LogP contribution is -2.47. The molecular weight excluding hydrogens is 336 g/mol. The quantitative estimate of drug-likeness (QED) is 0.521. The van der Waals surface area contributed by atoms with Gasteiger partial charge in [0.25, 0.3) is 0 Å². The maximum Gasteiger partial charge on any atom is 0.231 e. The number of thiocarbonyl (C=S) groups is 1. The smallest absolute Gasteiger partial charge is 0.231 e. The van der Waals surface area contributed by atoms with Gasteiger partial charge in [0.05, 0.1) is 4.99 Å². The van der Waals surface area contributed by atoms with Crippen molar-refractivity contribution in [2.45, 2.75) is 32.7 Å². The second-order valence-electron chi connectivity index (χ2n) is 6.50. The van der Waals surface area contributed by atoms with Crippen molar-refractivity contribution in [3.8, 4) is 11.5 Å².